The molecule has 2 atom stereocenters. The SMILES string of the molecule is O=C1CCCN1c1nccc(-c2cnc([C@@H]3CC[C@H]4CC(c5c(-n6cnnn6)ccc(Cl)c5F)=CC(=O)N43)[nH]2)c1F. The number of amides is 2. The molecule has 11 nitrogen and oxygen atoms in total. The summed E-state index contributed by atoms with van der Waals surface area (Å²) in [6, 6.07) is 3.99. The summed E-state index contributed by atoms with van der Waals surface area (Å²) in [6.07, 6.45) is 8.46. The number of fused-ring (bicyclic) bond motifs is 1. The van der Waals surface area contributed by atoms with Crippen LogP contribution in [0.1, 0.15) is 49.5 Å². The Labute approximate surface area is 236 Å². The van der Waals surface area contributed by atoms with Crippen LogP contribution in [0, 0.1) is 11.6 Å². The molecule has 0 radical (unpaired) electrons. The Morgan fingerprint density at radius 3 is 2.73 bits per heavy atom. The quantitative estimate of drug-likeness (QED) is 0.380. The standard InChI is InChI=1S/C27H22ClF2N9O2/c28-17-4-6-19(38-13-33-35-36-38)23(25(17)30)14-10-15-3-5-20(39(15)22(41)11-14)26-32-12-18(34-26)16-7-8-31-27(24(16)29)37-9-1-2-21(37)40/h4,6-8,11-13,15,20H,1-3,5,9-10H2,(H,32,34)/t15-,20-/m0/s1. The van der Waals surface area contributed by atoms with Gasteiger partial charge in [-0.2, -0.15) is 4.68 Å². The minimum Gasteiger partial charge on any atom is -0.340 e. The van der Waals surface area contributed by atoms with Gasteiger partial charge in [-0.25, -0.2) is 18.7 Å². The predicted octanol–water partition coefficient (Wildman–Crippen LogP) is 4.03. The highest BCUT2D eigenvalue weighted by Gasteiger charge is 2.42. The first-order chi connectivity index (χ1) is 19.9. The number of pyridine rings is 1. The molecule has 1 aromatic carbocycles. The summed E-state index contributed by atoms with van der Waals surface area (Å²) in [7, 11) is 0. The van der Waals surface area contributed by atoms with Gasteiger partial charge in [0.15, 0.2) is 17.5 Å². The lowest BCUT2D eigenvalue weighted by molar-refractivity contribution is -0.129. The van der Waals surface area contributed by atoms with Gasteiger partial charge < -0.3 is 9.88 Å². The van der Waals surface area contributed by atoms with Gasteiger partial charge in [0, 0.05) is 42.4 Å². The highest BCUT2D eigenvalue weighted by Crippen LogP contribution is 2.44. The molecule has 7 rings (SSSR count). The molecule has 14 heteroatoms. The zero-order valence-corrected chi connectivity index (χ0v) is 22.2. The lowest BCUT2D eigenvalue weighted by atomic mass is 9.92. The van der Waals surface area contributed by atoms with E-state index in [1.807, 2.05) is 0 Å². The van der Waals surface area contributed by atoms with E-state index < -0.39 is 11.6 Å². The van der Waals surface area contributed by atoms with Crippen molar-refractivity contribution < 1.29 is 18.4 Å². The maximum atomic E-state index is 15.5. The van der Waals surface area contributed by atoms with Crippen molar-refractivity contribution in [1.82, 2.24) is 40.1 Å². The Balaban J connectivity index is 1.19. The lowest BCUT2D eigenvalue weighted by Gasteiger charge is -2.33. The molecule has 41 heavy (non-hydrogen) atoms. The molecule has 4 aromatic rings. The second-order valence-electron chi connectivity index (χ2n) is 10.2. The van der Waals surface area contributed by atoms with Gasteiger partial charge in [-0.3, -0.25) is 14.5 Å². The van der Waals surface area contributed by atoms with Gasteiger partial charge in [-0.1, -0.05) is 11.6 Å². The van der Waals surface area contributed by atoms with Gasteiger partial charge in [0.1, 0.15) is 12.2 Å². The van der Waals surface area contributed by atoms with Gasteiger partial charge in [-0.15, -0.1) is 5.10 Å². The van der Waals surface area contributed by atoms with E-state index in [0.717, 1.165) is 0 Å². The van der Waals surface area contributed by atoms with Crippen molar-refractivity contribution >= 4 is 34.8 Å². The number of benzene rings is 1. The van der Waals surface area contributed by atoms with E-state index in [1.54, 1.807) is 11.0 Å². The van der Waals surface area contributed by atoms with Crippen LogP contribution in [0.3, 0.4) is 0 Å². The topological polar surface area (TPSA) is 126 Å². The molecule has 208 valence electrons. The monoisotopic (exact) mass is 577 g/mol. The molecule has 0 saturated carbocycles. The van der Waals surface area contributed by atoms with E-state index in [2.05, 4.69) is 30.5 Å². The fourth-order valence-corrected chi connectivity index (χ4v) is 6.21. The number of hydrogen-bond donors (Lipinski definition) is 1. The average molecular weight is 578 g/mol. The van der Waals surface area contributed by atoms with E-state index in [9.17, 15) is 9.59 Å². The first kappa shape index (κ1) is 25.4. The van der Waals surface area contributed by atoms with Crippen LogP contribution in [0.2, 0.25) is 5.02 Å². The summed E-state index contributed by atoms with van der Waals surface area (Å²) in [4.78, 5) is 40.5. The van der Waals surface area contributed by atoms with Crippen molar-refractivity contribution in [2.24, 2.45) is 0 Å². The van der Waals surface area contributed by atoms with Gasteiger partial charge in [-0.05, 0) is 59.9 Å². The molecule has 0 spiro atoms. The minimum atomic E-state index is -0.647. The fraction of sp³-hybridized carbons (Fsp3) is 0.296. The zero-order chi connectivity index (χ0) is 28.2. The number of carbonyl (C=O) groups is 2. The van der Waals surface area contributed by atoms with Crippen LogP contribution in [0.5, 0.6) is 0 Å². The molecule has 3 aliphatic rings. The lowest BCUT2D eigenvalue weighted by Crippen LogP contribution is -2.39. The molecule has 0 bridgehead atoms. The first-order valence-electron chi connectivity index (χ1n) is 13.2. The molecule has 3 aromatic heterocycles. The summed E-state index contributed by atoms with van der Waals surface area (Å²) in [5.41, 5.74) is 1.72. The number of nitrogens with one attached hydrogen (secondary N) is 1. The fourth-order valence-electron chi connectivity index (χ4n) is 6.05. The molecule has 2 amide bonds. The number of H-pyrrole nitrogens is 1. The van der Waals surface area contributed by atoms with Crippen molar-refractivity contribution in [2.75, 3.05) is 11.4 Å². The summed E-state index contributed by atoms with van der Waals surface area (Å²) in [5.74, 6) is -1.18. The molecule has 0 aliphatic carbocycles. The van der Waals surface area contributed by atoms with Gasteiger partial charge >= 0.3 is 0 Å². The number of aromatic nitrogens is 7. The van der Waals surface area contributed by atoms with E-state index in [4.69, 9.17) is 11.6 Å². The molecular weight excluding hydrogens is 556 g/mol. The maximum Gasteiger partial charge on any atom is 0.247 e. The zero-order valence-electron chi connectivity index (χ0n) is 21.5. The Morgan fingerprint density at radius 2 is 1.95 bits per heavy atom. The van der Waals surface area contributed by atoms with Gasteiger partial charge in [0.05, 0.1) is 28.6 Å². The van der Waals surface area contributed by atoms with Crippen LogP contribution in [0.25, 0.3) is 22.5 Å². The largest absolute Gasteiger partial charge is 0.340 e. The Morgan fingerprint density at radius 1 is 1.07 bits per heavy atom. The molecular formula is C27H22ClF2N9O2. The normalized spacial score (nSPS) is 20.6. The highest BCUT2D eigenvalue weighted by atomic mass is 35.5. The second kappa shape index (κ2) is 9.84. The van der Waals surface area contributed by atoms with Gasteiger partial charge in [0.2, 0.25) is 11.8 Å². The average Bonchev–Trinajstić information content (AvgIpc) is 3.77. The summed E-state index contributed by atoms with van der Waals surface area (Å²) < 4.78 is 32.1. The van der Waals surface area contributed by atoms with E-state index in [1.165, 1.54) is 46.5 Å². The third kappa shape index (κ3) is 4.19. The van der Waals surface area contributed by atoms with E-state index >= 15 is 8.78 Å². The number of halogens is 3. The number of tetrazole rings is 1. The van der Waals surface area contributed by atoms with Crippen molar-refractivity contribution in [2.45, 2.75) is 44.2 Å². The van der Waals surface area contributed by atoms with E-state index in [-0.39, 0.29) is 45.9 Å². The molecule has 6 heterocycles. The Hall–Kier alpha value is -4.52. The Kier molecular flexibility index (Phi) is 6.11. The van der Waals surface area contributed by atoms with Crippen molar-refractivity contribution in [3.8, 4) is 16.9 Å². The first-order valence-corrected chi connectivity index (χ1v) is 13.5. The number of nitrogens with zero attached hydrogens (tertiary/aromatic N) is 8. The van der Waals surface area contributed by atoms with Crippen molar-refractivity contribution in [1.29, 1.82) is 0 Å². The second-order valence-corrected chi connectivity index (χ2v) is 10.6. The summed E-state index contributed by atoms with van der Waals surface area (Å²) >= 11 is 6.11. The van der Waals surface area contributed by atoms with Crippen LogP contribution >= 0.6 is 11.6 Å². The number of aromatic amines is 1. The van der Waals surface area contributed by atoms with Gasteiger partial charge in [0.25, 0.3) is 0 Å². The van der Waals surface area contributed by atoms with Crippen molar-refractivity contribution in [3.05, 3.63) is 71.0 Å². The summed E-state index contributed by atoms with van der Waals surface area (Å²) in [5, 5.41) is 11.1. The number of rotatable bonds is 5. The number of anilines is 1. The van der Waals surface area contributed by atoms with Crippen LogP contribution < -0.4 is 4.90 Å². The van der Waals surface area contributed by atoms with Crippen LogP contribution in [-0.2, 0) is 9.59 Å². The summed E-state index contributed by atoms with van der Waals surface area (Å²) in [6.45, 7) is 0.423. The highest BCUT2D eigenvalue weighted by molar-refractivity contribution is 6.31. The minimum absolute atomic E-state index is 0.000228. The number of carbonyl (C=O) groups excluding carboxylic acids is 2. The molecule has 1 N–H and O–H groups in total. The van der Waals surface area contributed by atoms with Crippen LogP contribution in [0.4, 0.5) is 14.6 Å². The Bertz CT molecular complexity index is 1720. The third-order valence-electron chi connectivity index (χ3n) is 7.90. The molecule has 2 saturated heterocycles. The predicted molar refractivity (Wildman–Crippen MR) is 143 cm³/mol. The van der Waals surface area contributed by atoms with Crippen LogP contribution in [0.15, 0.2) is 43.0 Å². The number of hydrogen-bond acceptors (Lipinski definition) is 7. The molecule has 2 fully saturated rings. The molecule has 3 aliphatic heterocycles. The number of imidazole rings is 1. The molecule has 0 unspecified atom stereocenters. The van der Waals surface area contributed by atoms with Crippen molar-refractivity contribution in [3.63, 3.8) is 0 Å². The van der Waals surface area contributed by atoms with E-state index in [0.29, 0.717) is 61.4 Å². The maximum absolute atomic E-state index is 15.5. The smallest absolute Gasteiger partial charge is 0.247 e. The van der Waals surface area contributed by atoms with Crippen LogP contribution in [-0.4, -0.2) is 64.5 Å². The third-order valence-corrected chi connectivity index (χ3v) is 8.19.